The van der Waals surface area contributed by atoms with Crippen molar-refractivity contribution in [2.75, 3.05) is 12.9 Å². The summed E-state index contributed by atoms with van der Waals surface area (Å²) >= 11 is 7.74. The molecule has 0 radical (unpaired) electrons. The highest BCUT2D eigenvalue weighted by atomic mass is 35.5. The van der Waals surface area contributed by atoms with Crippen molar-refractivity contribution >= 4 is 35.2 Å². The molecule has 1 N–H and O–H groups in total. The fraction of sp³-hybridized carbons (Fsp3) is 0.440. The van der Waals surface area contributed by atoms with Crippen molar-refractivity contribution in [3.63, 3.8) is 0 Å². The number of hydrogen-bond donors (Lipinski definition) is 1. The van der Waals surface area contributed by atoms with Crippen LogP contribution in [0.15, 0.2) is 48.5 Å². The normalized spacial score (nSPS) is 12.2. The molecule has 0 saturated heterocycles. The Morgan fingerprint density at radius 1 is 1.16 bits per heavy atom. The lowest BCUT2D eigenvalue weighted by atomic mass is 10.1. The molecule has 0 aromatic heterocycles. The fourth-order valence-corrected chi connectivity index (χ4v) is 4.48. The summed E-state index contributed by atoms with van der Waals surface area (Å²) in [7, 11) is 1.61. The maximum Gasteiger partial charge on any atom is 0.243 e. The van der Waals surface area contributed by atoms with Gasteiger partial charge in [0.2, 0.25) is 11.8 Å². The molecule has 174 valence electrons. The monoisotopic (exact) mass is 476 g/mol. The Labute approximate surface area is 200 Å². The van der Waals surface area contributed by atoms with Crippen molar-refractivity contribution in [1.82, 2.24) is 10.2 Å². The lowest BCUT2D eigenvalue weighted by Gasteiger charge is -2.33. The van der Waals surface area contributed by atoms with Crippen LogP contribution >= 0.6 is 23.4 Å². The minimum atomic E-state index is -0.561. The van der Waals surface area contributed by atoms with Gasteiger partial charge in [-0.2, -0.15) is 0 Å². The Bertz CT molecular complexity index is 914. The summed E-state index contributed by atoms with van der Waals surface area (Å²) in [5, 5.41) is 3.71. The minimum absolute atomic E-state index is 0.0826. The summed E-state index contributed by atoms with van der Waals surface area (Å²) in [5.41, 5.74) is 1.52. The second-order valence-electron chi connectivity index (χ2n) is 8.62. The Kier molecular flexibility index (Phi) is 9.91. The summed E-state index contributed by atoms with van der Waals surface area (Å²) in [4.78, 5) is 28.0. The van der Waals surface area contributed by atoms with Crippen LogP contribution in [-0.2, 0) is 21.9 Å². The Hall–Kier alpha value is -2.18. The molecular weight excluding hydrogens is 444 g/mol. The third kappa shape index (κ3) is 8.06. The van der Waals surface area contributed by atoms with E-state index < -0.39 is 6.04 Å². The van der Waals surface area contributed by atoms with E-state index in [0.29, 0.717) is 23.7 Å². The van der Waals surface area contributed by atoms with E-state index in [1.54, 1.807) is 12.0 Å². The molecule has 2 rings (SSSR count). The Balaban J connectivity index is 2.19. The third-order valence-corrected chi connectivity index (χ3v) is 6.15. The van der Waals surface area contributed by atoms with E-state index in [2.05, 4.69) is 5.32 Å². The van der Waals surface area contributed by atoms with Gasteiger partial charge in [0.1, 0.15) is 11.8 Å². The number of hydrogen-bond acceptors (Lipinski definition) is 4. The van der Waals surface area contributed by atoms with Crippen LogP contribution in [0.1, 0.15) is 45.2 Å². The molecule has 32 heavy (non-hydrogen) atoms. The highest BCUT2D eigenvalue weighted by Crippen LogP contribution is 2.23. The molecule has 0 aliphatic heterocycles. The summed E-state index contributed by atoms with van der Waals surface area (Å²) in [6, 6.07) is 14.6. The third-order valence-electron chi connectivity index (χ3n) is 4.81. The van der Waals surface area contributed by atoms with Gasteiger partial charge in [0, 0.05) is 22.9 Å². The van der Waals surface area contributed by atoms with Crippen molar-refractivity contribution < 1.29 is 14.3 Å². The summed E-state index contributed by atoms with van der Waals surface area (Å²) < 4.78 is 5.32. The van der Waals surface area contributed by atoms with Gasteiger partial charge in [0.15, 0.2) is 0 Å². The van der Waals surface area contributed by atoms with Gasteiger partial charge in [-0.15, -0.1) is 11.8 Å². The van der Waals surface area contributed by atoms with Gasteiger partial charge in [0.25, 0.3) is 0 Å². The average Bonchev–Trinajstić information content (AvgIpc) is 2.73. The summed E-state index contributed by atoms with van der Waals surface area (Å²) in [5.74, 6) is 1.38. The highest BCUT2D eigenvalue weighted by molar-refractivity contribution is 7.99. The number of ether oxygens (including phenoxy) is 1. The van der Waals surface area contributed by atoms with Crippen LogP contribution in [0.2, 0.25) is 5.02 Å². The highest BCUT2D eigenvalue weighted by Gasteiger charge is 2.30. The zero-order valence-electron chi connectivity index (χ0n) is 19.5. The van der Waals surface area contributed by atoms with Gasteiger partial charge in [-0.25, -0.2) is 0 Å². The molecular formula is C25H33ClN2O3S. The number of amides is 2. The van der Waals surface area contributed by atoms with E-state index >= 15 is 0 Å². The maximum atomic E-state index is 13.3. The first kappa shape index (κ1) is 26.1. The fourth-order valence-electron chi connectivity index (χ4n) is 3.29. The van der Waals surface area contributed by atoms with Crippen LogP contribution in [0.5, 0.6) is 5.75 Å². The zero-order chi connectivity index (χ0) is 23.7. The van der Waals surface area contributed by atoms with Gasteiger partial charge < -0.3 is 15.0 Å². The number of methoxy groups -OCH3 is 1. The molecule has 0 spiro atoms. The van der Waals surface area contributed by atoms with Crippen molar-refractivity contribution in [3.8, 4) is 5.75 Å². The van der Waals surface area contributed by atoms with Crippen LogP contribution in [0.4, 0.5) is 0 Å². The lowest BCUT2D eigenvalue weighted by Crippen LogP contribution is -2.53. The predicted molar refractivity (Wildman–Crippen MR) is 133 cm³/mol. The molecule has 7 heteroatoms. The van der Waals surface area contributed by atoms with Crippen molar-refractivity contribution in [3.05, 3.63) is 64.7 Å². The number of nitrogens with zero attached hydrogens (tertiary/aromatic N) is 1. The number of carbonyl (C=O) groups is 2. The van der Waals surface area contributed by atoms with Crippen molar-refractivity contribution in [1.29, 1.82) is 0 Å². The second-order valence-corrected chi connectivity index (χ2v) is 10.0. The number of rotatable bonds is 10. The maximum absolute atomic E-state index is 13.3. The first-order chi connectivity index (χ1) is 15.1. The molecule has 2 amide bonds. The average molecular weight is 477 g/mol. The SMILES string of the molecule is CC[C@@H](C(=O)NC(C)(C)C)N(Cc1cccc(OC)c1)C(=O)CSCc1ccccc1Cl. The number of carbonyl (C=O) groups excluding carboxylic acids is 2. The number of halogens is 1. The number of nitrogens with one attached hydrogen (secondary N) is 1. The predicted octanol–water partition coefficient (Wildman–Crippen LogP) is 5.30. The molecule has 1 atom stereocenters. The number of benzene rings is 2. The largest absolute Gasteiger partial charge is 0.497 e. The van der Waals surface area contributed by atoms with E-state index in [0.717, 1.165) is 16.9 Å². The smallest absolute Gasteiger partial charge is 0.243 e. The van der Waals surface area contributed by atoms with Crippen LogP contribution in [0.25, 0.3) is 0 Å². The topological polar surface area (TPSA) is 58.6 Å². The molecule has 0 unspecified atom stereocenters. The summed E-state index contributed by atoms with van der Waals surface area (Å²) in [6.45, 7) is 8.07. The molecule has 0 saturated carbocycles. The van der Waals surface area contributed by atoms with E-state index in [4.69, 9.17) is 16.3 Å². The van der Waals surface area contributed by atoms with Crippen LogP contribution in [0.3, 0.4) is 0 Å². The van der Waals surface area contributed by atoms with E-state index in [9.17, 15) is 9.59 Å². The quantitative estimate of drug-likeness (QED) is 0.505. The van der Waals surface area contributed by atoms with Gasteiger partial charge in [-0.05, 0) is 56.5 Å². The van der Waals surface area contributed by atoms with Crippen molar-refractivity contribution in [2.45, 2.75) is 58.0 Å². The van der Waals surface area contributed by atoms with Gasteiger partial charge in [0.05, 0.1) is 12.9 Å². The van der Waals surface area contributed by atoms with Gasteiger partial charge in [-0.1, -0.05) is 48.9 Å². The molecule has 0 fully saturated rings. The molecule has 2 aromatic rings. The minimum Gasteiger partial charge on any atom is -0.497 e. The molecule has 2 aromatic carbocycles. The van der Waals surface area contributed by atoms with Crippen molar-refractivity contribution in [2.24, 2.45) is 0 Å². The van der Waals surface area contributed by atoms with Gasteiger partial charge >= 0.3 is 0 Å². The van der Waals surface area contributed by atoms with E-state index in [-0.39, 0.29) is 23.1 Å². The molecule has 5 nitrogen and oxygen atoms in total. The Morgan fingerprint density at radius 2 is 1.88 bits per heavy atom. The second kappa shape index (κ2) is 12.2. The van der Waals surface area contributed by atoms with Crippen LogP contribution in [0, 0.1) is 0 Å². The molecule has 0 aliphatic rings. The van der Waals surface area contributed by atoms with E-state index in [1.165, 1.54) is 11.8 Å². The standard InChI is InChI=1S/C25H33ClN2O3S/c1-6-22(24(30)27-25(2,3)4)28(15-18-10-9-12-20(14-18)31-5)23(29)17-32-16-19-11-7-8-13-21(19)26/h7-14,22H,6,15-17H2,1-5H3,(H,27,30)/t22-/m0/s1. The number of thioether (sulfide) groups is 1. The van der Waals surface area contributed by atoms with Crippen LogP contribution in [-0.4, -0.2) is 41.2 Å². The van der Waals surface area contributed by atoms with Crippen LogP contribution < -0.4 is 10.1 Å². The lowest BCUT2D eigenvalue weighted by molar-refractivity contribution is -0.140. The Morgan fingerprint density at radius 3 is 2.50 bits per heavy atom. The summed E-state index contributed by atoms with van der Waals surface area (Å²) in [6.07, 6.45) is 0.521. The first-order valence-corrected chi connectivity index (χ1v) is 12.2. The van der Waals surface area contributed by atoms with Gasteiger partial charge in [-0.3, -0.25) is 9.59 Å². The first-order valence-electron chi connectivity index (χ1n) is 10.7. The molecule has 0 aliphatic carbocycles. The molecule has 0 bridgehead atoms. The molecule has 0 heterocycles. The zero-order valence-corrected chi connectivity index (χ0v) is 21.1. The van der Waals surface area contributed by atoms with E-state index in [1.807, 2.05) is 76.2 Å².